The van der Waals surface area contributed by atoms with Crippen LogP contribution in [0.2, 0.25) is 0 Å². The number of nitrogens with one attached hydrogen (secondary N) is 1. The van der Waals surface area contributed by atoms with Gasteiger partial charge in [-0.2, -0.15) is 4.58 Å². The molecule has 1 aliphatic carbocycles. The van der Waals surface area contributed by atoms with Crippen LogP contribution in [0.3, 0.4) is 0 Å². The first-order valence-corrected chi connectivity index (χ1v) is 16.7. The van der Waals surface area contributed by atoms with Crippen LogP contribution in [0, 0.1) is 5.41 Å². The summed E-state index contributed by atoms with van der Waals surface area (Å²) in [6, 6.07) is 27.0. The highest BCUT2D eigenvalue weighted by molar-refractivity contribution is 6.10. The fourth-order valence-corrected chi connectivity index (χ4v) is 6.48. The molecule has 0 saturated carbocycles. The number of allylic oxidation sites excluding steroid dienone is 13. The van der Waals surface area contributed by atoms with Gasteiger partial charge in [0.25, 0.3) is 0 Å². The van der Waals surface area contributed by atoms with Crippen LogP contribution in [0.1, 0.15) is 58.6 Å². The molecule has 234 valence electrons. The van der Waals surface area contributed by atoms with E-state index in [9.17, 15) is 0 Å². The third-order valence-corrected chi connectivity index (χ3v) is 8.85. The molecule has 1 N–H and O–H groups in total. The van der Waals surface area contributed by atoms with Crippen molar-refractivity contribution in [3.8, 4) is 22.3 Å². The molecular formula is C45H45N2+. The minimum Gasteiger partial charge on any atom is -0.308 e. The van der Waals surface area contributed by atoms with Crippen molar-refractivity contribution in [2.45, 2.75) is 47.5 Å². The van der Waals surface area contributed by atoms with Gasteiger partial charge in [0.1, 0.15) is 0 Å². The molecule has 0 bridgehead atoms. The Kier molecular flexibility index (Phi) is 10.8. The molecule has 6 rings (SSSR count). The molecule has 0 unspecified atom stereocenters. The maximum Gasteiger partial charge on any atom is 0.227 e. The van der Waals surface area contributed by atoms with Gasteiger partial charge in [0.05, 0.1) is 16.5 Å². The molecule has 2 nitrogen and oxygen atoms in total. The number of hydrogen-bond donors (Lipinski definition) is 1. The summed E-state index contributed by atoms with van der Waals surface area (Å²) in [5.41, 5.74) is 14.4. The van der Waals surface area contributed by atoms with Crippen molar-refractivity contribution in [3.05, 3.63) is 156 Å². The third kappa shape index (κ3) is 6.64. The Morgan fingerprint density at radius 3 is 2.21 bits per heavy atom. The van der Waals surface area contributed by atoms with Crippen LogP contribution in [-0.2, 0) is 0 Å². The van der Waals surface area contributed by atoms with E-state index in [1.807, 2.05) is 45.9 Å². The van der Waals surface area contributed by atoms with Crippen LogP contribution in [0.25, 0.3) is 44.2 Å². The summed E-state index contributed by atoms with van der Waals surface area (Å²) >= 11 is 0. The van der Waals surface area contributed by atoms with Gasteiger partial charge in [-0.05, 0) is 114 Å². The Labute approximate surface area is 281 Å². The second-order valence-electron chi connectivity index (χ2n) is 11.4. The molecule has 1 aliphatic heterocycles. The zero-order valence-electron chi connectivity index (χ0n) is 28.3. The molecule has 47 heavy (non-hydrogen) atoms. The van der Waals surface area contributed by atoms with Gasteiger partial charge in [-0.1, -0.05) is 105 Å². The first-order valence-electron chi connectivity index (χ1n) is 16.7. The monoisotopic (exact) mass is 613 g/mol. The minimum atomic E-state index is 0.953. The van der Waals surface area contributed by atoms with E-state index in [0.717, 1.165) is 24.0 Å². The second kappa shape index (κ2) is 15.3. The van der Waals surface area contributed by atoms with Gasteiger partial charge in [0.2, 0.25) is 11.4 Å². The van der Waals surface area contributed by atoms with Gasteiger partial charge in [-0.15, -0.1) is 0 Å². The second-order valence-corrected chi connectivity index (χ2v) is 11.4. The van der Waals surface area contributed by atoms with E-state index in [4.69, 9.17) is 5.41 Å². The lowest BCUT2D eigenvalue weighted by Gasteiger charge is -2.16. The molecule has 2 aliphatic rings. The number of nitrogens with zero attached hydrogens (tertiary/aromatic N) is 1. The van der Waals surface area contributed by atoms with Gasteiger partial charge in [-0.3, -0.25) is 0 Å². The van der Waals surface area contributed by atoms with Crippen LogP contribution in [0.5, 0.6) is 0 Å². The van der Waals surface area contributed by atoms with E-state index in [2.05, 4.69) is 134 Å². The summed E-state index contributed by atoms with van der Waals surface area (Å²) in [6.45, 7) is 14.1. The molecule has 0 aromatic heterocycles. The quantitative estimate of drug-likeness (QED) is 0.102. The summed E-state index contributed by atoms with van der Waals surface area (Å²) in [5.74, 6) is 0. The largest absolute Gasteiger partial charge is 0.308 e. The standard InChI is InChI=1S/C43H39N2.C2H6/c1-5-9-10-11-25-45-42-28-37(35-14-12-13-34(26-35)30(6-2)7-3)20-23-40(42)41-24-21-38-27-36(19-22-39(38)43(41)45)33-17-15-32(16-18-33)31(8-4)29-44;1-2/h5-15,17,19-29,44H,2,16,18H2,1,3-4H3;1-2H3/q+1;/b9-5-,11-10-,30-7+,31-8+,44-29?,45-25?;. The Hall–Kier alpha value is -5.34. The predicted molar refractivity (Wildman–Crippen MR) is 209 cm³/mol. The van der Waals surface area contributed by atoms with Crippen LogP contribution in [0.15, 0.2) is 145 Å². The first kappa shape index (κ1) is 33.0. The highest BCUT2D eigenvalue weighted by Crippen LogP contribution is 2.49. The van der Waals surface area contributed by atoms with Crippen molar-refractivity contribution in [2.75, 3.05) is 0 Å². The Morgan fingerprint density at radius 1 is 0.745 bits per heavy atom. The smallest absolute Gasteiger partial charge is 0.227 e. The third-order valence-electron chi connectivity index (χ3n) is 8.85. The average Bonchev–Trinajstić information content (AvgIpc) is 3.45. The van der Waals surface area contributed by atoms with Crippen LogP contribution in [0.4, 0.5) is 11.4 Å². The number of fused-ring (bicyclic) bond motifs is 5. The highest BCUT2D eigenvalue weighted by atomic mass is 15.0. The molecule has 1 heterocycles. The zero-order chi connectivity index (χ0) is 33.3. The maximum absolute atomic E-state index is 7.71. The van der Waals surface area contributed by atoms with Crippen molar-refractivity contribution < 1.29 is 0 Å². The Bertz CT molecular complexity index is 2050. The van der Waals surface area contributed by atoms with Crippen molar-refractivity contribution in [2.24, 2.45) is 0 Å². The summed E-state index contributed by atoms with van der Waals surface area (Å²) in [6.07, 6.45) is 24.3. The van der Waals surface area contributed by atoms with E-state index in [0.29, 0.717) is 0 Å². The molecule has 2 heteroatoms. The number of rotatable bonds is 8. The number of benzene rings is 4. The van der Waals surface area contributed by atoms with E-state index >= 15 is 0 Å². The number of hydrogen-bond acceptors (Lipinski definition) is 1. The van der Waals surface area contributed by atoms with Gasteiger partial charge in [0.15, 0.2) is 6.21 Å². The van der Waals surface area contributed by atoms with E-state index in [1.54, 1.807) is 0 Å². The predicted octanol–water partition coefficient (Wildman–Crippen LogP) is 12.8. The summed E-state index contributed by atoms with van der Waals surface area (Å²) in [4.78, 5) is 0. The average molecular weight is 614 g/mol. The fourth-order valence-electron chi connectivity index (χ4n) is 6.48. The maximum atomic E-state index is 7.71. The normalized spacial score (nSPS) is 15.3. The van der Waals surface area contributed by atoms with Crippen LogP contribution < -0.4 is 4.58 Å². The lowest BCUT2D eigenvalue weighted by molar-refractivity contribution is 0.998. The first-order chi connectivity index (χ1) is 23.1. The van der Waals surface area contributed by atoms with E-state index in [-0.39, 0.29) is 0 Å². The Balaban J connectivity index is 0.00000213. The highest BCUT2D eigenvalue weighted by Gasteiger charge is 2.33. The molecule has 0 fully saturated rings. The van der Waals surface area contributed by atoms with Crippen molar-refractivity contribution in [3.63, 3.8) is 0 Å². The summed E-state index contributed by atoms with van der Waals surface area (Å²) < 4.78 is 2.35. The molecule has 4 aromatic carbocycles. The van der Waals surface area contributed by atoms with Crippen molar-refractivity contribution in [1.29, 1.82) is 5.41 Å². The SMILES string of the molecule is C=C/C(=C\C)c1cccc(-c2ccc3c(c2)[N+](=C/C=C\C=C/C)c2c-3ccc3cc(C4=CC=C(/C(C=N)=C/C)CC4)ccc23)c1.CC. The summed E-state index contributed by atoms with van der Waals surface area (Å²) in [5, 5.41) is 10.2. The molecule has 4 aromatic rings. The van der Waals surface area contributed by atoms with Crippen molar-refractivity contribution in [1.82, 2.24) is 4.58 Å². The summed E-state index contributed by atoms with van der Waals surface area (Å²) in [7, 11) is 0. The van der Waals surface area contributed by atoms with Crippen LogP contribution >= 0.6 is 0 Å². The van der Waals surface area contributed by atoms with Gasteiger partial charge in [0, 0.05) is 18.4 Å². The fraction of sp³-hybridized carbons (Fsp3) is 0.156. The lowest BCUT2D eigenvalue weighted by atomic mass is 9.89. The van der Waals surface area contributed by atoms with E-state index < -0.39 is 0 Å². The van der Waals surface area contributed by atoms with E-state index in [1.165, 1.54) is 72.9 Å². The van der Waals surface area contributed by atoms with Crippen LogP contribution in [-0.4, -0.2) is 12.4 Å². The molecule has 0 radical (unpaired) electrons. The van der Waals surface area contributed by atoms with Gasteiger partial charge >= 0.3 is 0 Å². The van der Waals surface area contributed by atoms with Crippen molar-refractivity contribution >= 4 is 45.7 Å². The molecule has 0 amide bonds. The molecule has 0 spiro atoms. The topological polar surface area (TPSA) is 26.9 Å². The molecular weight excluding hydrogens is 569 g/mol. The Morgan fingerprint density at radius 2 is 1.51 bits per heavy atom. The lowest BCUT2D eigenvalue weighted by Crippen LogP contribution is -2.02. The molecule has 0 saturated heterocycles. The van der Waals surface area contributed by atoms with Gasteiger partial charge < -0.3 is 5.41 Å². The minimum absolute atomic E-state index is 0.953. The van der Waals surface area contributed by atoms with Gasteiger partial charge in [-0.25, -0.2) is 0 Å². The molecule has 0 atom stereocenters. The zero-order valence-corrected chi connectivity index (χ0v) is 28.3.